The predicted molar refractivity (Wildman–Crippen MR) is 96.4 cm³/mol. The van der Waals surface area contributed by atoms with E-state index in [2.05, 4.69) is 10.5 Å². The summed E-state index contributed by atoms with van der Waals surface area (Å²) in [4.78, 5) is 11.9. The molecule has 0 unspecified atom stereocenters. The second-order valence-corrected chi connectivity index (χ2v) is 5.81. The summed E-state index contributed by atoms with van der Waals surface area (Å²) in [6, 6.07) is 15.1. The zero-order chi connectivity index (χ0) is 19.1. The molecule has 0 atom stereocenters. The smallest absolute Gasteiger partial charge is 0.246 e. The van der Waals surface area contributed by atoms with E-state index in [1.165, 1.54) is 12.1 Å². The van der Waals surface area contributed by atoms with Gasteiger partial charge in [0, 0.05) is 18.2 Å². The number of nitrogens with zero attached hydrogens (tertiary/aromatic N) is 1. The van der Waals surface area contributed by atoms with Crippen molar-refractivity contribution < 1.29 is 23.2 Å². The fourth-order valence-electron chi connectivity index (χ4n) is 2.41. The van der Waals surface area contributed by atoms with Crippen molar-refractivity contribution in [3.63, 3.8) is 0 Å². The Morgan fingerprint density at radius 3 is 2.78 bits per heavy atom. The molecule has 1 aromatic heterocycles. The van der Waals surface area contributed by atoms with E-state index in [0.717, 1.165) is 11.3 Å². The number of methoxy groups -OCH3 is 1. The lowest BCUT2D eigenvalue weighted by Gasteiger charge is -2.07. The van der Waals surface area contributed by atoms with Crippen LogP contribution in [0.25, 0.3) is 11.3 Å². The second kappa shape index (κ2) is 8.95. The Morgan fingerprint density at radius 1 is 1.19 bits per heavy atom. The molecule has 3 rings (SSSR count). The molecule has 0 bridgehead atoms. The molecule has 2 aromatic carbocycles. The summed E-state index contributed by atoms with van der Waals surface area (Å²) in [5, 5.41) is 6.66. The number of hydrogen-bond donors (Lipinski definition) is 1. The minimum Gasteiger partial charge on any atom is -0.497 e. The standard InChI is InChI=1S/C20H19FN2O4/c1-25-18-4-2-3-14(9-18)11-22-20(24)13-26-12-17-10-19(27-23-17)15-5-7-16(21)8-6-15/h2-10H,11-13H2,1H3,(H,22,24). The van der Waals surface area contributed by atoms with Crippen molar-refractivity contribution in [1.29, 1.82) is 0 Å². The monoisotopic (exact) mass is 370 g/mol. The zero-order valence-corrected chi connectivity index (χ0v) is 14.8. The van der Waals surface area contributed by atoms with Gasteiger partial charge in [0.1, 0.15) is 23.9 Å². The fraction of sp³-hybridized carbons (Fsp3) is 0.200. The highest BCUT2D eigenvalue weighted by Crippen LogP contribution is 2.20. The van der Waals surface area contributed by atoms with E-state index in [4.69, 9.17) is 14.0 Å². The first-order valence-corrected chi connectivity index (χ1v) is 8.33. The van der Waals surface area contributed by atoms with Crippen molar-refractivity contribution in [3.05, 3.63) is 71.7 Å². The lowest BCUT2D eigenvalue weighted by atomic mass is 10.1. The van der Waals surface area contributed by atoms with Gasteiger partial charge in [-0.25, -0.2) is 4.39 Å². The number of aromatic nitrogens is 1. The van der Waals surface area contributed by atoms with Crippen LogP contribution in [0.5, 0.6) is 5.75 Å². The van der Waals surface area contributed by atoms with Crippen molar-refractivity contribution in [2.24, 2.45) is 0 Å². The zero-order valence-electron chi connectivity index (χ0n) is 14.8. The average molecular weight is 370 g/mol. The lowest BCUT2D eigenvalue weighted by molar-refractivity contribution is -0.126. The third kappa shape index (κ3) is 5.39. The van der Waals surface area contributed by atoms with Gasteiger partial charge in [-0.1, -0.05) is 17.3 Å². The van der Waals surface area contributed by atoms with Crippen molar-refractivity contribution in [2.45, 2.75) is 13.2 Å². The molecule has 0 spiro atoms. The van der Waals surface area contributed by atoms with Gasteiger partial charge >= 0.3 is 0 Å². The number of carbonyl (C=O) groups is 1. The summed E-state index contributed by atoms with van der Waals surface area (Å²) in [7, 11) is 1.59. The Hall–Kier alpha value is -3.19. The van der Waals surface area contributed by atoms with Gasteiger partial charge in [-0.3, -0.25) is 4.79 Å². The van der Waals surface area contributed by atoms with E-state index in [-0.39, 0.29) is 24.9 Å². The molecule has 0 aliphatic carbocycles. The van der Waals surface area contributed by atoms with Crippen LogP contribution in [0.4, 0.5) is 4.39 Å². The molecule has 0 aliphatic rings. The first kappa shape index (κ1) is 18.6. The molecule has 140 valence electrons. The van der Waals surface area contributed by atoms with Crippen LogP contribution in [0.3, 0.4) is 0 Å². The maximum Gasteiger partial charge on any atom is 0.246 e. The van der Waals surface area contributed by atoms with E-state index in [1.54, 1.807) is 25.3 Å². The molecular formula is C20H19FN2O4. The minimum atomic E-state index is -0.318. The quantitative estimate of drug-likeness (QED) is 0.658. The summed E-state index contributed by atoms with van der Waals surface area (Å²) in [6.07, 6.45) is 0. The van der Waals surface area contributed by atoms with Crippen LogP contribution in [0.1, 0.15) is 11.3 Å². The molecule has 0 saturated heterocycles. The van der Waals surface area contributed by atoms with Crippen LogP contribution in [-0.4, -0.2) is 24.8 Å². The maximum atomic E-state index is 12.9. The topological polar surface area (TPSA) is 73.6 Å². The summed E-state index contributed by atoms with van der Waals surface area (Å²) < 4.78 is 28.7. The van der Waals surface area contributed by atoms with Crippen molar-refractivity contribution in [1.82, 2.24) is 10.5 Å². The molecule has 7 heteroatoms. The van der Waals surface area contributed by atoms with Gasteiger partial charge in [0.15, 0.2) is 5.76 Å². The molecule has 1 amide bonds. The molecule has 0 radical (unpaired) electrons. The maximum absolute atomic E-state index is 12.9. The SMILES string of the molecule is COc1cccc(CNC(=O)COCc2cc(-c3ccc(F)cc3)on2)c1. The summed E-state index contributed by atoms with van der Waals surface area (Å²) >= 11 is 0. The summed E-state index contributed by atoms with van der Waals surface area (Å²) in [5.74, 6) is 0.693. The van der Waals surface area contributed by atoms with E-state index in [1.807, 2.05) is 24.3 Å². The highest BCUT2D eigenvalue weighted by molar-refractivity contribution is 5.77. The number of benzene rings is 2. The number of halogens is 1. The fourth-order valence-corrected chi connectivity index (χ4v) is 2.41. The number of rotatable bonds is 8. The van der Waals surface area contributed by atoms with Crippen LogP contribution in [0.2, 0.25) is 0 Å². The Morgan fingerprint density at radius 2 is 2.00 bits per heavy atom. The normalized spacial score (nSPS) is 10.6. The Bertz CT molecular complexity index is 893. The van der Waals surface area contributed by atoms with Crippen molar-refractivity contribution >= 4 is 5.91 Å². The Labute approximate surface area is 155 Å². The number of carbonyl (C=O) groups excluding carboxylic acids is 1. The van der Waals surface area contributed by atoms with Gasteiger partial charge in [0.05, 0.1) is 13.7 Å². The van der Waals surface area contributed by atoms with E-state index in [9.17, 15) is 9.18 Å². The number of ether oxygens (including phenoxy) is 2. The Kier molecular flexibility index (Phi) is 6.17. The van der Waals surface area contributed by atoms with Gasteiger partial charge in [0.25, 0.3) is 0 Å². The third-order valence-electron chi connectivity index (χ3n) is 3.79. The average Bonchev–Trinajstić information content (AvgIpc) is 3.16. The molecule has 6 nitrogen and oxygen atoms in total. The predicted octanol–water partition coefficient (Wildman–Crippen LogP) is 3.32. The third-order valence-corrected chi connectivity index (χ3v) is 3.79. The molecule has 27 heavy (non-hydrogen) atoms. The van der Waals surface area contributed by atoms with E-state index < -0.39 is 0 Å². The van der Waals surface area contributed by atoms with Gasteiger partial charge in [-0.2, -0.15) is 0 Å². The van der Waals surface area contributed by atoms with E-state index >= 15 is 0 Å². The molecule has 0 saturated carbocycles. The number of hydrogen-bond acceptors (Lipinski definition) is 5. The van der Waals surface area contributed by atoms with Crippen LogP contribution in [-0.2, 0) is 22.7 Å². The number of amides is 1. The van der Waals surface area contributed by atoms with Crippen LogP contribution in [0, 0.1) is 5.82 Å². The summed E-state index contributed by atoms with van der Waals surface area (Å²) in [5.41, 5.74) is 2.20. The first-order chi connectivity index (χ1) is 13.1. The van der Waals surface area contributed by atoms with Crippen LogP contribution in [0.15, 0.2) is 59.1 Å². The molecule has 0 aliphatic heterocycles. The second-order valence-electron chi connectivity index (χ2n) is 5.81. The van der Waals surface area contributed by atoms with Gasteiger partial charge in [-0.05, 0) is 42.0 Å². The minimum absolute atomic E-state index is 0.0945. The van der Waals surface area contributed by atoms with E-state index in [0.29, 0.717) is 23.6 Å². The van der Waals surface area contributed by atoms with Crippen molar-refractivity contribution in [2.75, 3.05) is 13.7 Å². The lowest BCUT2D eigenvalue weighted by Crippen LogP contribution is -2.27. The molecule has 1 N–H and O–H groups in total. The largest absolute Gasteiger partial charge is 0.497 e. The molecule has 0 fully saturated rings. The first-order valence-electron chi connectivity index (χ1n) is 8.33. The molecular weight excluding hydrogens is 351 g/mol. The van der Waals surface area contributed by atoms with Crippen LogP contribution >= 0.6 is 0 Å². The van der Waals surface area contributed by atoms with Crippen molar-refractivity contribution in [3.8, 4) is 17.1 Å². The molecule has 3 aromatic rings. The summed E-state index contributed by atoms with van der Waals surface area (Å²) in [6.45, 7) is 0.429. The van der Waals surface area contributed by atoms with Gasteiger partial charge < -0.3 is 19.3 Å². The Balaban J connectivity index is 1.43. The van der Waals surface area contributed by atoms with Gasteiger partial charge in [0.2, 0.25) is 5.91 Å². The van der Waals surface area contributed by atoms with Gasteiger partial charge in [-0.15, -0.1) is 0 Å². The molecule has 1 heterocycles. The highest BCUT2D eigenvalue weighted by atomic mass is 19.1. The van der Waals surface area contributed by atoms with Crippen LogP contribution < -0.4 is 10.1 Å². The highest BCUT2D eigenvalue weighted by Gasteiger charge is 2.08. The number of nitrogens with one attached hydrogen (secondary N) is 1.